The summed E-state index contributed by atoms with van der Waals surface area (Å²) in [6.45, 7) is 8.49. The van der Waals surface area contributed by atoms with Crippen LogP contribution in [0.5, 0.6) is 0 Å². The quantitative estimate of drug-likeness (QED) is 0.234. The van der Waals surface area contributed by atoms with E-state index in [1.54, 1.807) is 6.92 Å². The molecule has 3 unspecified atom stereocenters. The van der Waals surface area contributed by atoms with Crippen molar-refractivity contribution in [2.45, 2.75) is 154 Å². The minimum Gasteiger partial charge on any atom is -0.378 e. The molecule has 7 heteroatoms. The average molecular weight is 559 g/mol. The monoisotopic (exact) mass is 558 g/mol. The molecule has 7 nitrogen and oxygen atoms in total. The van der Waals surface area contributed by atoms with Gasteiger partial charge in [0.15, 0.2) is 11.6 Å². The second-order valence-electron chi connectivity index (χ2n) is 14.3. The van der Waals surface area contributed by atoms with Gasteiger partial charge in [-0.3, -0.25) is 19.2 Å². The zero-order valence-corrected chi connectivity index (χ0v) is 25.6. The van der Waals surface area contributed by atoms with E-state index in [9.17, 15) is 19.2 Å². The summed E-state index contributed by atoms with van der Waals surface area (Å²) in [4.78, 5) is 50.3. The van der Waals surface area contributed by atoms with Crippen LogP contribution in [0.2, 0.25) is 0 Å². The van der Waals surface area contributed by atoms with Crippen molar-refractivity contribution in [3.8, 4) is 0 Å². The average Bonchev–Trinajstić information content (AvgIpc) is 3.83. The third-order valence-electron chi connectivity index (χ3n) is 10.2. The maximum absolute atomic E-state index is 13.0. The summed E-state index contributed by atoms with van der Waals surface area (Å²) in [6.07, 6.45) is 15.1. The van der Waals surface area contributed by atoms with Crippen LogP contribution in [0, 0.1) is 23.2 Å². The Kier molecular flexibility index (Phi) is 10.2. The summed E-state index contributed by atoms with van der Waals surface area (Å²) in [5.41, 5.74) is -1.43. The van der Waals surface area contributed by atoms with Gasteiger partial charge in [-0.2, -0.15) is 0 Å². The highest BCUT2D eigenvalue weighted by molar-refractivity contribution is 5.96. The van der Waals surface area contributed by atoms with Gasteiger partial charge in [-0.15, -0.1) is 0 Å². The molecule has 4 rings (SSSR count). The maximum Gasteiger partial charge on any atom is 0.220 e. The number of fused-ring (bicyclic) bond motifs is 1. The first kappa shape index (κ1) is 31.2. The molecule has 0 saturated heterocycles. The number of carbonyl (C=O) groups is 4. The zero-order valence-electron chi connectivity index (χ0n) is 25.6. The fourth-order valence-electron chi connectivity index (χ4n) is 6.89. The lowest BCUT2D eigenvalue weighted by Crippen LogP contribution is -2.43. The maximum atomic E-state index is 13.0. The lowest BCUT2D eigenvalue weighted by Gasteiger charge is -2.27. The van der Waals surface area contributed by atoms with Gasteiger partial charge in [0, 0.05) is 25.7 Å². The Morgan fingerprint density at radius 3 is 1.93 bits per heavy atom. The molecular weight excluding hydrogens is 504 g/mol. The van der Waals surface area contributed by atoms with Gasteiger partial charge in [0.05, 0.1) is 23.8 Å². The van der Waals surface area contributed by atoms with E-state index in [-0.39, 0.29) is 34.9 Å². The van der Waals surface area contributed by atoms with Gasteiger partial charge >= 0.3 is 0 Å². The van der Waals surface area contributed by atoms with Crippen LogP contribution >= 0.6 is 0 Å². The number of carbonyl (C=O) groups excluding carboxylic acids is 4. The molecule has 0 aliphatic heterocycles. The van der Waals surface area contributed by atoms with Gasteiger partial charge < -0.3 is 15.4 Å². The fraction of sp³-hybridized carbons (Fsp3) is 0.879. The van der Waals surface area contributed by atoms with Crippen molar-refractivity contribution >= 4 is 23.4 Å². The van der Waals surface area contributed by atoms with Gasteiger partial charge in [0.2, 0.25) is 11.8 Å². The highest BCUT2D eigenvalue weighted by atomic mass is 16.5. The Labute approximate surface area is 241 Å². The zero-order chi connectivity index (χ0) is 29.0. The number of ketones is 2. The smallest absolute Gasteiger partial charge is 0.220 e. The van der Waals surface area contributed by atoms with E-state index in [2.05, 4.69) is 24.5 Å². The Bertz CT molecular complexity index is 921. The molecule has 3 atom stereocenters. The van der Waals surface area contributed by atoms with Gasteiger partial charge in [0.25, 0.3) is 0 Å². The fourth-order valence-corrected chi connectivity index (χ4v) is 6.89. The molecule has 2 N–H and O–H groups in total. The summed E-state index contributed by atoms with van der Waals surface area (Å²) < 4.78 is 6.10. The molecule has 4 aliphatic rings. The topological polar surface area (TPSA) is 102 Å². The molecule has 4 saturated carbocycles. The van der Waals surface area contributed by atoms with Crippen molar-refractivity contribution in [3.05, 3.63) is 0 Å². The van der Waals surface area contributed by atoms with E-state index < -0.39 is 11.1 Å². The molecule has 2 amide bonds. The van der Waals surface area contributed by atoms with E-state index in [1.165, 1.54) is 38.5 Å². The summed E-state index contributed by atoms with van der Waals surface area (Å²) in [5.74, 6) is 2.67. The van der Waals surface area contributed by atoms with Crippen LogP contribution in [0.4, 0.5) is 0 Å². The highest BCUT2D eigenvalue weighted by Crippen LogP contribution is 2.55. The molecule has 4 fully saturated rings. The van der Waals surface area contributed by atoms with Crippen molar-refractivity contribution in [2.24, 2.45) is 23.2 Å². The molecule has 0 aromatic rings. The molecule has 0 aromatic heterocycles. The predicted molar refractivity (Wildman–Crippen MR) is 156 cm³/mol. The second-order valence-corrected chi connectivity index (χ2v) is 14.3. The van der Waals surface area contributed by atoms with E-state index in [0.29, 0.717) is 45.1 Å². The normalized spacial score (nSPS) is 26.9. The number of amides is 2. The van der Waals surface area contributed by atoms with Gasteiger partial charge in [-0.05, 0) is 87.9 Å². The van der Waals surface area contributed by atoms with Crippen LogP contribution in [0.1, 0.15) is 137 Å². The van der Waals surface area contributed by atoms with E-state index in [4.69, 9.17) is 4.74 Å². The highest BCUT2D eigenvalue weighted by Gasteiger charge is 2.52. The molecule has 0 spiro atoms. The van der Waals surface area contributed by atoms with Crippen LogP contribution in [0.15, 0.2) is 0 Å². The number of rotatable bonds is 17. The lowest BCUT2D eigenvalue weighted by molar-refractivity contribution is -0.129. The van der Waals surface area contributed by atoms with Crippen LogP contribution in [-0.2, 0) is 23.9 Å². The molecule has 0 radical (unpaired) electrons. The van der Waals surface area contributed by atoms with Gasteiger partial charge in [-0.1, -0.05) is 46.5 Å². The second kappa shape index (κ2) is 13.0. The molecule has 0 heterocycles. The molecule has 0 aromatic carbocycles. The largest absolute Gasteiger partial charge is 0.378 e. The van der Waals surface area contributed by atoms with Crippen molar-refractivity contribution in [3.63, 3.8) is 0 Å². The number of hydrogen-bond donors (Lipinski definition) is 2. The first-order valence-corrected chi connectivity index (χ1v) is 16.3. The van der Waals surface area contributed by atoms with Crippen LogP contribution in [-0.4, -0.2) is 47.2 Å². The van der Waals surface area contributed by atoms with Gasteiger partial charge in [0.1, 0.15) is 0 Å². The lowest BCUT2D eigenvalue weighted by atomic mass is 9.86. The standard InChI is InChI=1S/C33H54N2O5/c1-5-29(38)34-33(20-21-33)28(37)16-17-31(3,4)22-40-23(2)12-14-27(36)32(18-19-32)35-30(39)15-13-26-24-10-8-6-7-9-11-25(24)26/h23-26H,5-22H2,1-4H3,(H,34,38)(H,35,39). The molecule has 40 heavy (non-hydrogen) atoms. The third-order valence-corrected chi connectivity index (χ3v) is 10.2. The van der Waals surface area contributed by atoms with Gasteiger partial charge in [-0.25, -0.2) is 0 Å². The van der Waals surface area contributed by atoms with Crippen molar-refractivity contribution in [1.29, 1.82) is 0 Å². The predicted octanol–water partition coefficient (Wildman–Crippen LogP) is 5.82. The molecular formula is C33H54N2O5. The van der Waals surface area contributed by atoms with Crippen LogP contribution in [0.3, 0.4) is 0 Å². The minimum absolute atomic E-state index is 0.0490. The molecule has 0 bridgehead atoms. The summed E-state index contributed by atoms with van der Waals surface area (Å²) in [5, 5.41) is 6.02. The minimum atomic E-state index is -0.631. The number of Topliss-reactive ketones (excluding diaryl/α,β-unsaturated/α-hetero) is 2. The summed E-state index contributed by atoms with van der Waals surface area (Å²) in [7, 11) is 0. The van der Waals surface area contributed by atoms with Crippen molar-refractivity contribution in [1.82, 2.24) is 10.6 Å². The first-order valence-electron chi connectivity index (χ1n) is 16.3. The van der Waals surface area contributed by atoms with Crippen LogP contribution in [0.25, 0.3) is 0 Å². The SMILES string of the molecule is CCC(=O)NC1(C(=O)CCC(C)(C)COC(C)CCC(=O)C2(NC(=O)CCC3C4CCCCCCC43)CC2)CC1. The Hall–Kier alpha value is -1.76. The Morgan fingerprint density at radius 2 is 1.38 bits per heavy atom. The molecule has 4 aliphatic carbocycles. The number of nitrogens with one attached hydrogen (secondary N) is 2. The number of ether oxygens (including phenoxy) is 1. The van der Waals surface area contributed by atoms with E-state index in [0.717, 1.165) is 49.9 Å². The summed E-state index contributed by atoms with van der Waals surface area (Å²) in [6, 6.07) is 0. The Morgan fingerprint density at radius 1 is 0.825 bits per heavy atom. The van der Waals surface area contributed by atoms with Crippen LogP contribution < -0.4 is 10.6 Å². The third kappa shape index (κ3) is 8.39. The number of hydrogen-bond acceptors (Lipinski definition) is 5. The first-order chi connectivity index (χ1) is 19.0. The Balaban J connectivity index is 1.10. The van der Waals surface area contributed by atoms with E-state index >= 15 is 0 Å². The van der Waals surface area contributed by atoms with Crippen molar-refractivity contribution < 1.29 is 23.9 Å². The van der Waals surface area contributed by atoms with Crippen molar-refractivity contribution in [2.75, 3.05) is 6.61 Å². The van der Waals surface area contributed by atoms with E-state index in [1.807, 2.05) is 6.92 Å². The molecule has 226 valence electrons. The summed E-state index contributed by atoms with van der Waals surface area (Å²) >= 11 is 0.